The molecule has 0 aliphatic carbocycles. The Kier molecular flexibility index (Phi) is 7.00. The number of aromatic nitrogens is 1. The predicted molar refractivity (Wildman–Crippen MR) is 97.4 cm³/mol. The summed E-state index contributed by atoms with van der Waals surface area (Å²) in [7, 11) is 0. The Morgan fingerprint density at radius 2 is 2.04 bits per heavy atom. The third kappa shape index (κ3) is 5.77. The lowest BCUT2D eigenvalue weighted by molar-refractivity contribution is -0.138. The highest BCUT2D eigenvalue weighted by molar-refractivity contribution is 6.30. The number of benzene rings is 1. The van der Waals surface area contributed by atoms with Gasteiger partial charge < -0.3 is 14.2 Å². The zero-order valence-electron chi connectivity index (χ0n) is 14.8. The van der Waals surface area contributed by atoms with Crippen molar-refractivity contribution in [1.82, 2.24) is 9.88 Å². The van der Waals surface area contributed by atoms with Crippen molar-refractivity contribution in [1.29, 1.82) is 0 Å². The van der Waals surface area contributed by atoms with Gasteiger partial charge in [-0.1, -0.05) is 41.9 Å². The van der Waals surface area contributed by atoms with Crippen LogP contribution in [0.2, 0.25) is 5.02 Å². The van der Waals surface area contributed by atoms with E-state index in [1.165, 1.54) is 11.1 Å². The number of pyridine rings is 1. The van der Waals surface area contributed by atoms with E-state index >= 15 is 0 Å². The molecule has 1 saturated heterocycles. The first-order valence-corrected chi connectivity index (χ1v) is 9.04. The molecule has 1 aliphatic heterocycles. The molecule has 1 aromatic carbocycles. The van der Waals surface area contributed by atoms with Gasteiger partial charge in [0.2, 0.25) is 5.88 Å². The van der Waals surface area contributed by atoms with Gasteiger partial charge in [-0.3, -0.25) is 4.90 Å². The molecule has 2 heterocycles. The van der Waals surface area contributed by atoms with Crippen molar-refractivity contribution in [3.63, 3.8) is 0 Å². The molecule has 0 radical (unpaired) electrons. The Bertz CT molecular complexity index is 764. The standard InChI is InChI=1S/C19H19ClF2N2O4/c20-14-6-7-17(23-9-14)28-16-8-15(12-26-18(21)22)24(10-16)19(25)27-11-13-4-2-1-3-5-13/h1-7,9,15-16,18H,8,10-12H2/t15-,16+/m0/s1. The van der Waals surface area contributed by atoms with Crippen LogP contribution in [-0.2, 0) is 16.1 Å². The van der Waals surface area contributed by atoms with E-state index in [4.69, 9.17) is 21.1 Å². The summed E-state index contributed by atoms with van der Waals surface area (Å²) < 4.78 is 40.4. The Morgan fingerprint density at radius 3 is 2.71 bits per heavy atom. The number of alkyl halides is 2. The number of carbonyl (C=O) groups is 1. The van der Waals surface area contributed by atoms with E-state index in [0.717, 1.165) is 5.56 Å². The van der Waals surface area contributed by atoms with Gasteiger partial charge in [0.1, 0.15) is 12.7 Å². The molecular formula is C19H19ClF2N2O4. The van der Waals surface area contributed by atoms with Crippen LogP contribution in [0.5, 0.6) is 5.88 Å². The van der Waals surface area contributed by atoms with Crippen molar-refractivity contribution in [3.05, 3.63) is 59.2 Å². The first-order valence-electron chi connectivity index (χ1n) is 8.66. The van der Waals surface area contributed by atoms with Crippen LogP contribution < -0.4 is 4.74 Å². The number of hydrogen-bond donors (Lipinski definition) is 0. The maximum absolute atomic E-state index is 12.5. The van der Waals surface area contributed by atoms with Crippen LogP contribution in [0.4, 0.5) is 13.6 Å². The van der Waals surface area contributed by atoms with Crippen LogP contribution in [0.15, 0.2) is 48.7 Å². The summed E-state index contributed by atoms with van der Waals surface area (Å²) in [5, 5.41) is 0.466. The zero-order valence-corrected chi connectivity index (χ0v) is 15.6. The van der Waals surface area contributed by atoms with Crippen LogP contribution in [0.25, 0.3) is 0 Å². The van der Waals surface area contributed by atoms with Gasteiger partial charge in [0.05, 0.1) is 24.2 Å². The van der Waals surface area contributed by atoms with Gasteiger partial charge in [-0.25, -0.2) is 9.78 Å². The highest BCUT2D eigenvalue weighted by Gasteiger charge is 2.38. The summed E-state index contributed by atoms with van der Waals surface area (Å²) in [5.41, 5.74) is 0.827. The Balaban J connectivity index is 1.61. The SMILES string of the molecule is O=C(OCc1ccccc1)N1C[C@H](Oc2ccc(Cl)cn2)C[C@H]1COC(F)F. The average Bonchev–Trinajstić information content (AvgIpc) is 3.10. The first kappa shape index (κ1) is 20.3. The normalized spacial score (nSPS) is 19.1. The minimum absolute atomic E-state index is 0.0862. The quantitative estimate of drug-likeness (QED) is 0.684. The van der Waals surface area contributed by atoms with Crippen molar-refractivity contribution < 1.29 is 27.8 Å². The van der Waals surface area contributed by atoms with Crippen molar-refractivity contribution in [2.75, 3.05) is 13.2 Å². The number of halogens is 3. The fourth-order valence-corrected chi connectivity index (χ4v) is 3.04. The number of rotatable bonds is 7. The largest absolute Gasteiger partial charge is 0.472 e. The zero-order chi connectivity index (χ0) is 19.9. The number of likely N-dealkylation sites (tertiary alicyclic amines) is 1. The number of hydrogen-bond acceptors (Lipinski definition) is 5. The van der Waals surface area contributed by atoms with E-state index in [9.17, 15) is 13.6 Å². The average molecular weight is 413 g/mol. The second kappa shape index (κ2) is 9.66. The smallest absolute Gasteiger partial charge is 0.410 e. The second-order valence-electron chi connectivity index (χ2n) is 6.23. The van der Waals surface area contributed by atoms with E-state index in [2.05, 4.69) is 9.72 Å². The Hall–Kier alpha value is -2.45. The van der Waals surface area contributed by atoms with Gasteiger partial charge in [-0.05, 0) is 11.6 Å². The number of nitrogens with zero attached hydrogens (tertiary/aromatic N) is 2. The summed E-state index contributed by atoms with van der Waals surface area (Å²) in [6, 6.07) is 11.8. The van der Waals surface area contributed by atoms with Gasteiger partial charge in [-0.2, -0.15) is 8.78 Å². The Labute approximate surface area is 166 Å². The number of amides is 1. The first-order chi connectivity index (χ1) is 13.5. The molecule has 9 heteroatoms. The summed E-state index contributed by atoms with van der Waals surface area (Å²) in [4.78, 5) is 17.9. The molecule has 2 aromatic rings. The molecular weight excluding hydrogens is 394 g/mol. The monoisotopic (exact) mass is 412 g/mol. The molecule has 0 spiro atoms. The predicted octanol–water partition coefficient (Wildman–Crippen LogP) is 4.13. The fraction of sp³-hybridized carbons (Fsp3) is 0.368. The number of carbonyl (C=O) groups excluding carboxylic acids is 1. The summed E-state index contributed by atoms with van der Waals surface area (Å²) in [6.07, 6.45) is 0.721. The lowest BCUT2D eigenvalue weighted by Gasteiger charge is -2.23. The van der Waals surface area contributed by atoms with Crippen LogP contribution in [0.3, 0.4) is 0 Å². The molecule has 28 heavy (non-hydrogen) atoms. The molecule has 1 fully saturated rings. The lowest BCUT2D eigenvalue weighted by atomic mass is 10.2. The fourth-order valence-electron chi connectivity index (χ4n) is 2.93. The lowest BCUT2D eigenvalue weighted by Crippen LogP contribution is -2.39. The van der Waals surface area contributed by atoms with Gasteiger partial charge in [0, 0.05) is 18.7 Å². The van der Waals surface area contributed by atoms with Crippen molar-refractivity contribution in [2.45, 2.75) is 31.8 Å². The van der Waals surface area contributed by atoms with Crippen LogP contribution in [0.1, 0.15) is 12.0 Å². The highest BCUT2D eigenvalue weighted by atomic mass is 35.5. The minimum Gasteiger partial charge on any atom is -0.472 e. The third-order valence-corrected chi connectivity index (χ3v) is 4.44. The molecule has 1 amide bonds. The van der Waals surface area contributed by atoms with E-state index < -0.39 is 24.9 Å². The molecule has 1 aliphatic rings. The van der Waals surface area contributed by atoms with E-state index in [-0.39, 0.29) is 19.8 Å². The number of ether oxygens (including phenoxy) is 3. The molecule has 3 rings (SSSR count). The van der Waals surface area contributed by atoms with Crippen LogP contribution in [0, 0.1) is 0 Å². The molecule has 1 aromatic heterocycles. The summed E-state index contributed by atoms with van der Waals surface area (Å²) in [5.74, 6) is 0.336. The summed E-state index contributed by atoms with van der Waals surface area (Å²) >= 11 is 5.80. The topological polar surface area (TPSA) is 60.9 Å². The minimum atomic E-state index is -2.92. The Morgan fingerprint density at radius 1 is 1.25 bits per heavy atom. The molecule has 0 saturated carbocycles. The van der Waals surface area contributed by atoms with Gasteiger partial charge in [0.25, 0.3) is 0 Å². The third-order valence-electron chi connectivity index (χ3n) is 4.22. The van der Waals surface area contributed by atoms with Crippen molar-refractivity contribution in [2.24, 2.45) is 0 Å². The molecule has 150 valence electrons. The van der Waals surface area contributed by atoms with Gasteiger partial charge in [-0.15, -0.1) is 0 Å². The van der Waals surface area contributed by atoms with Gasteiger partial charge >= 0.3 is 12.7 Å². The van der Waals surface area contributed by atoms with Crippen LogP contribution in [-0.4, -0.2) is 47.9 Å². The molecule has 6 nitrogen and oxygen atoms in total. The molecule has 0 N–H and O–H groups in total. The maximum Gasteiger partial charge on any atom is 0.410 e. The van der Waals surface area contributed by atoms with E-state index in [1.807, 2.05) is 30.3 Å². The second-order valence-corrected chi connectivity index (χ2v) is 6.67. The maximum atomic E-state index is 12.5. The van der Waals surface area contributed by atoms with E-state index in [0.29, 0.717) is 17.3 Å². The molecule has 2 atom stereocenters. The van der Waals surface area contributed by atoms with Crippen molar-refractivity contribution >= 4 is 17.7 Å². The highest BCUT2D eigenvalue weighted by Crippen LogP contribution is 2.24. The molecule has 0 unspecified atom stereocenters. The van der Waals surface area contributed by atoms with E-state index in [1.54, 1.807) is 12.1 Å². The molecule has 0 bridgehead atoms. The summed E-state index contributed by atoms with van der Waals surface area (Å²) in [6.45, 7) is -2.97. The van der Waals surface area contributed by atoms with Crippen molar-refractivity contribution in [3.8, 4) is 5.88 Å². The van der Waals surface area contributed by atoms with Gasteiger partial charge in [0.15, 0.2) is 0 Å². The van der Waals surface area contributed by atoms with Crippen LogP contribution >= 0.6 is 11.6 Å².